The summed E-state index contributed by atoms with van der Waals surface area (Å²) in [6.45, 7) is 0.797. The topological polar surface area (TPSA) is 102 Å². The van der Waals surface area contributed by atoms with Crippen LogP contribution in [-0.4, -0.2) is 43.7 Å². The minimum atomic E-state index is -1.18. The third-order valence-electron chi connectivity index (χ3n) is 4.57. The fourth-order valence-electron chi connectivity index (χ4n) is 2.81. The van der Waals surface area contributed by atoms with Crippen molar-refractivity contribution in [1.82, 2.24) is 0 Å². The minimum Gasteiger partial charge on any atom is -0.497 e. The van der Waals surface area contributed by atoms with E-state index < -0.39 is 18.5 Å². The zero-order valence-corrected chi connectivity index (χ0v) is 20.4. The number of thiophene rings is 1. The molecule has 3 aromatic rings. The van der Waals surface area contributed by atoms with E-state index in [1.54, 1.807) is 50.6 Å². The molecule has 0 fully saturated rings. The largest absolute Gasteiger partial charge is 0.497 e. The number of methoxy groups -OCH3 is 1. The molecule has 0 aliphatic heterocycles. The molecule has 33 heavy (non-hydrogen) atoms. The molecule has 1 aromatic heterocycles. The van der Waals surface area contributed by atoms with Gasteiger partial charge in [0.15, 0.2) is 17.2 Å². The summed E-state index contributed by atoms with van der Waals surface area (Å²) in [6, 6.07) is 13.7. The molecule has 0 saturated heterocycles. The van der Waals surface area contributed by atoms with E-state index in [1.807, 2.05) is 12.1 Å². The molecule has 0 atom stereocenters. The molecule has 0 aliphatic rings. The van der Waals surface area contributed by atoms with Gasteiger partial charge in [0.05, 0.1) is 16.5 Å². The number of amides is 1. The molecule has 0 saturated carbocycles. The summed E-state index contributed by atoms with van der Waals surface area (Å²) in [7, 11) is 3.17. The van der Waals surface area contributed by atoms with Crippen molar-refractivity contribution in [1.29, 1.82) is 0 Å². The van der Waals surface area contributed by atoms with Gasteiger partial charge >= 0.3 is 11.9 Å². The number of hydrogen-bond acceptors (Lipinski definition) is 7. The number of ether oxygens (including phenoxy) is 3. The van der Waals surface area contributed by atoms with E-state index in [9.17, 15) is 14.4 Å². The fraction of sp³-hybridized carbons (Fsp3) is 0.174. The monoisotopic (exact) mass is 533 g/mol. The SMILES string of the molecule is COc1ccc(-c2sc(C(=O)Oc3cccc(N(C)C(C)=O)c3)c(OCC(=O)O)c2Br)cc1. The molecule has 8 nitrogen and oxygen atoms in total. The second kappa shape index (κ2) is 10.5. The summed E-state index contributed by atoms with van der Waals surface area (Å²) in [5, 5.41) is 9.04. The number of esters is 1. The van der Waals surface area contributed by atoms with Gasteiger partial charge in [-0.15, -0.1) is 11.3 Å². The van der Waals surface area contributed by atoms with Crippen LogP contribution in [0, 0.1) is 0 Å². The Morgan fingerprint density at radius 1 is 1.09 bits per heavy atom. The van der Waals surface area contributed by atoms with Crippen molar-refractivity contribution in [3.8, 4) is 27.7 Å². The molecular formula is C23H20BrNO7S. The molecule has 10 heteroatoms. The smallest absolute Gasteiger partial charge is 0.357 e. The first-order valence-electron chi connectivity index (χ1n) is 9.59. The van der Waals surface area contributed by atoms with Crippen molar-refractivity contribution in [2.45, 2.75) is 6.92 Å². The first kappa shape index (κ1) is 24.3. The predicted molar refractivity (Wildman–Crippen MR) is 128 cm³/mol. The molecule has 0 spiro atoms. The highest BCUT2D eigenvalue weighted by Crippen LogP contribution is 2.46. The molecule has 3 rings (SSSR count). The molecule has 172 valence electrons. The lowest BCUT2D eigenvalue weighted by atomic mass is 10.2. The summed E-state index contributed by atoms with van der Waals surface area (Å²) in [6.07, 6.45) is 0. The van der Waals surface area contributed by atoms with E-state index in [1.165, 1.54) is 11.8 Å². The zero-order valence-electron chi connectivity index (χ0n) is 18.0. The van der Waals surface area contributed by atoms with Crippen LogP contribution in [0.15, 0.2) is 53.0 Å². The first-order chi connectivity index (χ1) is 15.7. The third-order valence-corrected chi connectivity index (χ3v) is 6.79. The van der Waals surface area contributed by atoms with Crippen LogP contribution >= 0.6 is 27.3 Å². The van der Waals surface area contributed by atoms with E-state index in [0.29, 0.717) is 20.8 Å². The van der Waals surface area contributed by atoms with Crippen molar-refractivity contribution in [3.05, 3.63) is 57.9 Å². The second-order valence-corrected chi connectivity index (χ2v) is 8.59. The number of anilines is 1. The van der Waals surface area contributed by atoms with Gasteiger partial charge in [-0.2, -0.15) is 0 Å². The van der Waals surface area contributed by atoms with Gasteiger partial charge < -0.3 is 24.2 Å². The van der Waals surface area contributed by atoms with Crippen LogP contribution in [0.3, 0.4) is 0 Å². The number of hydrogen-bond donors (Lipinski definition) is 1. The van der Waals surface area contributed by atoms with E-state index >= 15 is 0 Å². The number of carbonyl (C=O) groups excluding carboxylic acids is 2. The number of aliphatic carboxylic acids is 1. The number of rotatable bonds is 8. The van der Waals surface area contributed by atoms with Crippen LogP contribution < -0.4 is 19.1 Å². The lowest BCUT2D eigenvalue weighted by Gasteiger charge is -2.15. The van der Waals surface area contributed by atoms with Crippen molar-refractivity contribution in [2.24, 2.45) is 0 Å². The Morgan fingerprint density at radius 2 is 1.79 bits per heavy atom. The zero-order chi connectivity index (χ0) is 24.1. The van der Waals surface area contributed by atoms with Crippen LogP contribution in [0.4, 0.5) is 5.69 Å². The summed E-state index contributed by atoms with van der Waals surface area (Å²) in [5.41, 5.74) is 1.33. The summed E-state index contributed by atoms with van der Waals surface area (Å²) >= 11 is 4.54. The Hall–Kier alpha value is -3.37. The van der Waals surface area contributed by atoms with E-state index in [2.05, 4.69) is 15.9 Å². The first-order valence-corrected chi connectivity index (χ1v) is 11.2. The summed E-state index contributed by atoms with van der Waals surface area (Å²) in [5.74, 6) is -1.10. The maximum absolute atomic E-state index is 13.0. The number of halogens is 1. The van der Waals surface area contributed by atoms with Crippen LogP contribution in [-0.2, 0) is 9.59 Å². The average Bonchev–Trinajstić information content (AvgIpc) is 3.13. The van der Waals surface area contributed by atoms with Gasteiger partial charge in [-0.25, -0.2) is 9.59 Å². The Labute approximate surface area is 202 Å². The highest BCUT2D eigenvalue weighted by atomic mass is 79.9. The average molecular weight is 534 g/mol. The van der Waals surface area contributed by atoms with Crippen molar-refractivity contribution >= 4 is 50.8 Å². The van der Waals surface area contributed by atoms with Crippen LogP contribution in [0.5, 0.6) is 17.2 Å². The Kier molecular flexibility index (Phi) is 7.72. The molecule has 1 heterocycles. The van der Waals surface area contributed by atoms with E-state index in [-0.39, 0.29) is 22.3 Å². The molecule has 0 unspecified atom stereocenters. The molecule has 0 bridgehead atoms. The van der Waals surface area contributed by atoms with Gasteiger partial charge in [-0.3, -0.25) is 4.79 Å². The van der Waals surface area contributed by atoms with Gasteiger partial charge in [-0.1, -0.05) is 6.07 Å². The van der Waals surface area contributed by atoms with Gasteiger partial charge in [0.1, 0.15) is 11.5 Å². The van der Waals surface area contributed by atoms with Crippen molar-refractivity contribution < 1.29 is 33.7 Å². The number of carboxylic acid groups (broad SMARTS) is 1. The van der Waals surface area contributed by atoms with E-state index in [4.69, 9.17) is 19.3 Å². The molecule has 2 aromatic carbocycles. The quantitative estimate of drug-likeness (QED) is 0.326. The molecule has 0 aliphatic carbocycles. The van der Waals surface area contributed by atoms with E-state index in [0.717, 1.165) is 16.9 Å². The molecule has 0 radical (unpaired) electrons. The van der Waals surface area contributed by atoms with Gasteiger partial charge in [0.25, 0.3) is 0 Å². The number of carbonyl (C=O) groups is 3. The van der Waals surface area contributed by atoms with Gasteiger partial charge in [0, 0.05) is 25.7 Å². The predicted octanol–water partition coefficient (Wildman–Crippen LogP) is 4.85. The summed E-state index contributed by atoms with van der Waals surface area (Å²) in [4.78, 5) is 37.9. The van der Waals surface area contributed by atoms with Gasteiger partial charge in [-0.05, 0) is 57.9 Å². The Bertz CT molecular complexity index is 1190. The number of benzene rings is 2. The molecule has 1 N–H and O–H groups in total. The maximum atomic E-state index is 13.0. The normalized spacial score (nSPS) is 10.4. The Morgan fingerprint density at radius 3 is 2.39 bits per heavy atom. The standard InChI is InChI=1S/C23H20BrNO7S/c1-13(26)25(2)15-5-4-6-17(11-15)32-23(29)22-20(31-12-18(27)28)19(24)21(33-22)14-7-9-16(30-3)10-8-14/h4-11H,12H2,1-3H3,(H,27,28). The van der Waals surface area contributed by atoms with Gasteiger partial charge in [0.2, 0.25) is 5.91 Å². The van der Waals surface area contributed by atoms with Crippen LogP contribution in [0.25, 0.3) is 10.4 Å². The highest BCUT2D eigenvalue weighted by Gasteiger charge is 2.26. The van der Waals surface area contributed by atoms with Crippen molar-refractivity contribution in [2.75, 3.05) is 25.7 Å². The highest BCUT2D eigenvalue weighted by molar-refractivity contribution is 9.10. The maximum Gasteiger partial charge on any atom is 0.357 e. The van der Waals surface area contributed by atoms with Crippen LogP contribution in [0.1, 0.15) is 16.6 Å². The minimum absolute atomic E-state index is 0.0789. The Balaban J connectivity index is 1.96. The third kappa shape index (κ3) is 5.71. The number of nitrogens with zero attached hydrogens (tertiary/aromatic N) is 1. The lowest BCUT2D eigenvalue weighted by Crippen LogP contribution is -2.22. The lowest BCUT2D eigenvalue weighted by molar-refractivity contribution is -0.139. The van der Waals surface area contributed by atoms with Crippen molar-refractivity contribution in [3.63, 3.8) is 0 Å². The molecule has 1 amide bonds. The molecular weight excluding hydrogens is 514 g/mol. The van der Waals surface area contributed by atoms with Crippen LogP contribution in [0.2, 0.25) is 0 Å². The fourth-order valence-corrected chi connectivity index (χ4v) is 4.75. The number of carboxylic acids is 1. The summed E-state index contributed by atoms with van der Waals surface area (Å²) < 4.78 is 16.6. The second-order valence-electron chi connectivity index (χ2n) is 6.78.